The number of unbranched alkanes of at least 4 members (excludes halogenated alkanes) is 3. The van der Waals surface area contributed by atoms with Crippen molar-refractivity contribution in [1.29, 1.82) is 0 Å². The second-order valence-electron chi connectivity index (χ2n) is 10.8. The summed E-state index contributed by atoms with van der Waals surface area (Å²) >= 11 is 2.04. The van der Waals surface area contributed by atoms with Crippen LogP contribution in [-0.2, 0) is 11.4 Å². The van der Waals surface area contributed by atoms with E-state index in [0.29, 0.717) is 38.0 Å². The van der Waals surface area contributed by atoms with Crippen molar-refractivity contribution in [1.82, 2.24) is 10.2 Å². The number of rotatable bonds is 14. The maximum Gasteiger partial charge on any atom is 0.349 e. The SMILES string of the molecule is CCCCCCN(C(=O)c1cc2ccccc2oc1=O)C1CC(C(=O)NCCO)=CC(Oc2c(I)cc(CO)cc2OC)C1O. The van der Waals surface area contributed by atoms with Gasteiger partial charge < -0.3 is 39.4 Å². The first-order chi connectivity index (χ1) is 21.7. The zero-order chi connectivity index (χ0) is 32.5. The number of aliphatic hydroxyl groups excluding tert-OH is 3. The van der Waals surface area contributed by atoms with Crippen LogP contribution in [0, 0.1) is 3.57 Å². The van der Waals surface area contributed by atoms with E-state index in [-0.39, 0.29) is 43.9 Å². The largest absolute Gasteiger partial charge is 0.493 e. The molecule has 45 heavy (non-hydrogen) atoms. The number of ether oxygens (including phenoxy) is 2. The molecule has 2 aromatic carbocycles. The smallest absolute Gasteiger partial charge is 0.349 e. The zero-order valence-electron chi connectivity index (χ0n) is 25.3. The first kappa shape index (κ1) is 34.4. The molecule has 4 rings (SSSR count). The Bertz CT molecular complexity index is 1590. The van der Waals surface area contributed by atoms with Crippen LogP contribution in [0.3, 0.4) is 0 Å². The van der Waals surface area contributed by atoms with Gasteiger partial charge in [-0.25, -0.2) is 4.79 Å². The average molecular weight is 735 g/mol. The molecule has 0 aliphatic heterocycles. The highest BCUT2D eigenvalue weighted by Gasteiger charge is 2.41. The number of nitrogens with one attached hydrogen (secondary N) is 1. The number of amides is 2. The fourth-order valence-corrected chi connectivity index (χ4v) is 6.18. The van der Waals surface area contributed by atoms with Crippen LogP contribution < -0.4 is 20.4 Å². The fraction of sp³-hybridized carbons (Fsp3) is 0.424. The third-order valence-corrected chi connectivity index (χ3v) is 8.53. The highest BCUT2D eigenvalue weighted by atomic mass is 127. The Labute approximate surface area is 275 Å². The van der Waals surface area contributed by atoms with E-state index in [1.165, 1.54) is 24.2 Å². The zero-order valence-corrected chi connectivity index (χ0v) is 27.5. The van der Waals surface area contributed by atoms with Crippen LogP contribution in [0.25, 0.3) is 11.0 Å². The van der Waals surface area contributed by atoms with Gasteiger partial charge in [-0.1, -0.05) is 44.4 Å². The van der Waals surface area contributed by atoms with E-state index < -0.39 is 35.7 Å². The summed E-state index contributed by atoms with van der Waals surface area (Å²) in [6, 6.07) is 10.8. The Hall–Kier alpha value is -3.46. The number of halogens is 1. The molecule has 242 valence electrons. The molecule has 0 fully saturated rings. The van der Waals surface area contributed by atoms with E-state index in [4.69, 9.17) is 13.9 Å². The van der Waals surface area contributed by atoms with Crippen LogP contribution >= 0.6 is 22.6 Å². The van der Waals surface area contributed by atoms with Crippen LogP contribution in [0.2, 0.25) is 0 Å². The van der Waals surface area contributed by atoms with Gasteiger partial charge in [0.1, 0.15) is 23.4 Å². The van der Waals surface area contributed by atoms with Gasteiger partial charge in [0, 0.05) is 30.5 Å². The second-order valence-corrected chi connectivity index (χ2v) is 12.0. The second kappa shape index (κ2) is 16.2. The Kier molecular flexibility index (Phi) is 12.4. The van der Waals surface area contributed by atoms with Gasteiger partial charge in [-0.15, -0.1) is 0 Å². The molecule has 1 aliphatic rings. The Balaban J connectivity index is 1.76. The van der Waals surface area contributed by atoms with Gasteiger partial charge in [-0.05, 0) is 64.9 Å². The van der Waals surface area contributed by atoms with Gasteiger partial charge >= 0.3 is 5.63 Å². The maximum absolute atomic E-state index is 14.2. The number of benzene rings is 2. The first-order valence-electron chi connectivity index (χ1n) is 15.0. The Morgan fingerprint density at radius 2 is 1.91 bits per heavy atom. The number of hydrogen-bond acceptors (Lipinski definition) is 9. The molecule has 1 aliphatic carbocycles. The van der Waals surface area contributed by atoms with E-state index in [2.05, 4.69) is 12.2 Å². The monoisotopic (exact) mass is 734 g/mol. The van der Waals surface area contributed by atoms with Crippen LogP contribution in [0.1, 0.15) is 54.9 Å². The molecule has 0 spiro atoms. The first-order valence-corrected chi connectivity index (χ1v) is 16.1. The lowest BCUT2D eigenvalue weighted by Crippen LogP contribution is -2.55. The van der Waals surface area contributed by atoms with E-state index >= 15 is 0 Å². The van der Waals surface area contributed by atoms with Crippen molar-refractivity contribution in [3.63, 3.8) is 0 Å². The van der Waals surface area contributed by atoms with Crippen LogP contribution in [0.15, 0.2) is 63.3 Å². The van der Waals surface area contributed by atoms with Crippen molar-refractivity contribution < 1.29 is 38.8 Å². The van der Waals surface area contributed by atoms with Gasteiger partial charge in [0.2, 0.25) is 5.91 Å². The summed E-state index contributed by atoms with van der Waals surface area (Å²) in [4.78, 5) is 41.9. The molecular formula is C33H39IN2O9. The molecular weight excluding hydrogens is 695 g/mol. The van der Waals surface area contributed by atoms with Crippen LogP contribution in [0.4, 0.5) is 0 Å². The standard InChI is InChI=1S/C33H39IN2O9/c1-3-4-5-8-12-36(32(41)23-16-21-9-6-7-10-26(21)45-33(23)42)25-17-22(31(40)35-11-13-37)18-27(29(25)39)44-30-24(34)14-20(19-38)15-28(30)43-2/h6-7,9-10,14-16,18,25,27,29,37-39H,3-5,8,11-13,17,19H2,1-2H3,(H,35,40). The number of hydrogen-bond donors (Lipinski definition) is 4. The lowest BCUT2D eigenvalue weighted by atomic mass is 9.87. The highest BCUT2D eigenvalue weighted by Crippen LogP contribution is 2.37. The molecule has 1 heterocycles. The summed E-state index contributed by atoms with van der Waals surface area (Å²) in [5, 5.41) is 34.0. The molecule has 3 unspecified atom stereocenters. The number of carbonyl (C=O) groups is 2. The topological polar surface area (TPSA) is 159 Å². The van der Waals surface area contributed by atoms with E-state index in [9.17, 15) is 29.7 Å². The molecule has 0 saturated heterocycles. The van der Waals surface area contributed by atoms with Crippen molar-refractivity contribution in [3.8, 4) is 11.5 Å². The van der Waals surface area contributed by atoms with Gasteiger partial charge in [-0.3, -0.25) is 9.59 Å². The summed E-state index contributed by atoms with van der Waals surface area (Å²) in [6.45, 7) is 1.82. The number of para-hydroxylation sites is 1. The minimum absolute atomic E-state index is 0.0149. The van der Waals surface area contributed by atoms with Gasteiger partial charge in [0.15, 0.2) is 11.5 Å². The number of nitrogens with zero attached hydrogens (tertiary/aromatic N) is 1. The lowest BCUT2D eigenvalue weighted by Gasteiger charge is -2.40. The fourth-order valence-electron chi connectivity index (χ4n) is 5.39. The summed E-state index contributed by atoms with van der Waals surface area (Å²) in [5.74, 6) is -0.482. The molecule has 0 radical (unpaired) electrons. The molecule has 12 heteroatoms. The van der Waals surface area contributed by atoms with Crippen molar-refractivity contribution in [2.24, 2.45) is 0 Å². The molecule has 3 aromatic rings. The number of methoxy groups -OCH3 is 1. The van der Waals surface area contributed by atoms with Crippen molar-refractivity contribution in [2.75, 3.05) is 26.8 Å². The molecule has 4 N–H and O–H groups in total. The summed E-state index contributed by atoms with van der Waals surface area (Å²) in [5.41, 5.74) is 0.229. The predicted octanol–water partition coefficient (Wildman–Crippen LogP) is 3.54. The van der Waals surface area contributed by atoms with E-state index in [1.807, 2.05) is 22.6 Å². The molecule has 3 atom stereocenters. The highest BCUT2D eigenvalue weighted by molar-refractivity contribution is 14.1. The normalized spacial score (nSPS) is 17.9. The van der Waals surface area contributed by atoms with Crippen molar-refractivity contribution in [3.05, 3.63) is 79.2 Å². The maximum atomic E-state index is 14.2. The number of fused-ring (bicyclic) bond motifs is 1. The van der Waals surface area contributed by atoms with Gasteiger partial charge in [0.05, 0.1) is 29.9 Å². The quantitative estimate of drug-likeness (QED) is 0.111. The third kappa shape index (κ3) is 8.23. The van der Waals surface area contributed by atoms with Gasteiger partial charge in [-0.2, -0.15) is 0 Å². The van der Waals surface area contributed by atoms with Crippen LogP contribution in [-0.4, -0.2) is 77.1 Å². The van der Waals surface area contributed by atoms with Crippen LogP contribution in [0.5, 0.6) is 11.5 Å². The third-order valence-electron chi connectivity index (χ3n) is 7.73. The van der Waals surface area contributed by atoms with Crippen molar-refractivity contribution in [2.45, 2.75) is 63.9 Å². The summed E-state index contributed by atoms with van der Waals surface area (Å²) in [6.07, 6.45) is 2.42. The van der Waals surface area contributed by atoms with Gasteiger partial charge in [0.25, 0.3) is 5.91 Å². The summed E-state index contributed by atoms with van der Waals surface area (Å²) in [7, 11) is 1.45. The molecule has 11 nitrogen and oxygen atoms in total. The number of aliphatic hydroxyl groups is 3. The minimum Gasteiger partial charge on any atom is -0.493 e. The van der Waals surface area contributed by atoms with E-state index in [0.717, 1.165) is 19.3 Å². The minimum atomic E-state index is -1.31. The summed E-state index contributed by atoms with van der Waals surface area (Å²) < 4.78 is 17.9. The molecule has 0 bridgehead atoms. The van der Waals surface area contributed by atoms with Crippen molar-refractivity contribution >= 4 is 45.4 Å². The predicted molar refractivity (Wildman–Crippen MR) is 176 cm³/mol. The Morgan fingerprint density at radius 1 is 1.13 bits per heavy atom. The van der Waals surface area contributed by atoms with E-state index in [1.54, 1.807) is 36.4 Å². The average Bonchev–Trinajstić information content (AvgIpc) is 3.04. The molecule has 1 aromatic heterocycles. The molecule has 0 saturated carbocycles. The number of carbonyl (C=O) groups excluding carboxylic acids is 2. The Morgan fingerprint density at radius 3 is 2.62 bits per heavy atom. The lowest BCUT2D eigenvalue weighted by molar-refractivity contribution is -0.118. The molecule has 2 amide bonds.